The second-order valence-electron chi connectivity index (χ2n) is 5.47. The monoisotopic (exact) mass is 368 g/mol. The zero-order chi connectivity index (χ0) is 17.6. The third kappa shape index (κ3) is 4.78. The highest BCUT2D eigenvalue weighted by Crippen LogP contribution is 2.36. The Labute approximate surface area is 156 Å². The molecular weight excluding hydrogens is 352 g/mol. The quantitative estimate of drug-likeness (QED) is 0.468. The first-order valence-corrected chi connectivity index (χ1v) is 9.01. The molecule has 0 aliphatic heterocycles. The number of hydrogen-bond donors (Lipinski definition) is 2. The lowest BCUT2D eigenvalue weighted by Crippen LogP contribution is -2.19. The summed E-state index contributed by atoms with van der Waals surface area (Å²) < 4.78 is 0. The number of amides is 1. The Morgan fingerprint density at radius 1 is 0.920 bits per heavy atom. The van der Waals surface area contributed by atoms with Crippen molar-refractivity contribution in [1.82, 2.24) is 0 Å². The van der Waals surface area contributed by atoms with Gasteiger partial charge in [0.1, 0.15) is 5.25 Å². The van der Waals surface area contributed by atoms with Gasteiger partial charge in [0.05, 0.1) is 0 Å². The van der Waals surface area contributed by atoms with Crippen LogP contribution in [-0.4, -0.2) is 5.91 Å². The van der Waals surface area contributed by atoms with E-state index in [0.717, 1.165) is 10.5 Å². The van der Waals surface area contributed by atoms with E-state index < -0.39 is 0 Å². The fourth-order valence-electron chi connectivity index (χ4n) is 2.32. The Morgan fingerprint density at radius 2 is 1.56 bits per heavy atom. The van der Waals surface area contributed by atoms with Gasteiger partial charge >= 0.3 is 0 Å². The van der Waals surface area contributed by atoms with Gasteiger partial charge in [-0.25, -0.2) is 0 Å². The van der Waals surface area contributed by atoms with Gasteiger partial charge in [0.2, 0.25) is 5.91 Å². The fraction of sp³-hybridized carbons (Fsp3) is 0.0500. The molecule has 126 valence electrons. The fourth-order valence-corrected chi connectivity index (χ4v) is 3.47. The molecule has 5 heteroatoms. The zero-order valence-electron chi connectivity index (χ0n) is 13.4. The van der Waals surface area contributed by atoms with Crippen molar-refractivity contribution in [2.24, 2.45) is 0 Å². The lowest BCUT2D eigenvalue weighted by atomic mass is 10.1. The van der Waals surface area contributed by atoms with E-state index in [1.54, 1.807) is 24.3 Å². The molecule has 3 rings (SSSR count). The van der Waals surface area contributed by atoms with E-state index in [-0.39, 0.29) is 11.2 Å². The first kappa shape index (κ1) is 17.4. The summed E-state index contributed by atoms with van der Waals surface area (Å²) in [6.45, 7) is 0. The van der Waals surface area contributed by atoms with Gasteiger partial charge in [-0.1, -0.05) is 41.9 Å². The van der Waals surface area contributed by atoms with Crippen LogP contribution in [0.1, 0.15) is 10.8 Å². The minimum absolute atomic E-state index is 0.0876. The number of rotatable bonds is 5. The Kier molecular flexibility index (Phi) is 5.64. The topological polar surface area (TPSA) is 55.1 Å². The number of anilines is 2. The number of nitrogens with two attached hydrogens (primary N) is 1. The molecule has 0 saturated carbocycles. The van der Waals surface area contributed by atoms with E-state index in [1.807, 2.05) is 54.6 Å². The van der Waals surface area contributed by atoms with Crippen molar-refractivity contribution in [2.45, 2.75) is 10.1 Å². The van der Waals surface area contributed by atoms with E-state index >= 15 is 0 Å². The number of carbonyl (C=O) groups is 1. The number of hydrogen-bond acceptors (Lipinski definition) is 3. The first-order chi connectivity index (χ1) is 12.1. The van der Waals surface area contributed by atoms with Gasteiger partial charge in [-0.3, -0.25) is 4.79 Å². The molecule has 3 aromatic carbocycles. The maximum absolute atomic E-state index is 12.9. The molecule has 25 heavy (non-hydrogen) atoms. The third-order valence-corrected chi connectivity index (χ3v) is 5.10. The Bertz CT molecular complexity index is 836. The highest BCUT2D eigenvalue weighted by molar-refractivity contribution is 8.00. The van der Waals surface area contributed by atoms with Gasteiger partial charge in [-0.15, -0.1) is 11.8 Å². The average Bonchev–Trinajstić information content (AvgIpc) is 2.64. The van der Waals surface area contributed by atoms with Crippen LogP contribution in [0, 0.1) is 0 Å². The van der Waals surface area contributed by atoms with Crippen molar-refractivity contribution in [3.63, 3.8) is 0 Å². The van der Waals surface area contributed by atoms with Crippen LogP contribution in [0.3, 0.4) is 0 Å². The van der Waals surface area contributed by atoms with Gasteiger partial charge in [-0.05, 0) is 54.1 Å². The van der Waals surface area contributed by atoms with E-state index in [9.17, 15) is 4.79 Å². The minimum Gasteiger partial charge on any atom is -0.399 e. The smallest absolute Gasteiger partial charge is 0.242 e. The summed E-state index contributed by atoms with van der Waals surface area (Å²) >= 11 is 7.39. The number of carbonyl (C=O) groups excluding carboxylic acids is 1. The van der Waals surface area contributed by atoms with Gasteiger partial charge in [-0.2, -0.15) is 0 Å². The van der Waals surface area contributed by atoms with Crippen molar-refractivity contribution in [2.75, 3.05) is 11.1 Å². The molecule has 3 N–H and O–H groups in total. The molecule has 0 aliphatic rings. The summed E-state index contributed by atoms with van der Waals surface area (Å²) in [4.78, 5) is 13.9. The largest absolute Gasteiger partial charge is 0.399 e. The molecule has 3 nitrogen and oxygen atoms in total. The minimum atomic E-state index is -0.375. The van der Waals surface area contributed by atoms with Crippen molar-refractivity contribution >= 4 is 40.6 Å². The van der Waals surface area contributed by atoms with Gasteiger partial charge in [0, 0.05) is 21.3 Å². The van der Waals surface area contributed by atoms with E-state index in [4.69, 9.17) is 17.3 Å². The molecule has 0 aromatic heterocycles. The molecule has 1 atom stereocenters. The molecule has 0 aliphatic carbocycles. The summed E-state index contributed by atoms with van der Waals surface area (Å²) in [6.07, 6.45) is 0. The molecule has 0 saturated heterocycles. The van der Waals surface area contributed by atoms with Gasteiger partial charge in [0.15, 0.2) is 0 Å². The second-order valence-corrected chi connectivity index (χ2v) is 7.09. The maximum atomic E-state index is 12.9. The summed E-state index contributed by atoms with van der Waals surface area (Å²) in [6, 6.07) is 24.3. The predicted octanol–water partition coefficient (Wildman–Crippen LogP) is 5.39. The lowest BCUT2D eigenvalue weighted by Gasteiger charge is -2.17. The van der Waals surface area contributed by atoms with Crippen LogP contribution in [-0.2, 0) is 4.79 Å². The number of benzene rings is 3. The van der Waals surface area contributed by atoms with Gasteiger partial charge < -0.3 is 11.1 Å². The zero-order valence-corrected chi connectivity index (χ0v) is 14.9. The molecule has 3 aromatic rings. The first-order valence-electron chi connectivity index (χ1n) is 7.75. The van der Waals surface area contributed by atoms with Crippen LogP contribution in [0.5, 0.6) is 0 Å². The SMILES string of the molecule is Nc1ccc(SC(C(=O)Nc2ccc(Cl)cc2)c2ccccc2)cc1. The summed E-state index contributed by atoms with van der Waals surface area (Å²) in [5.74, 6) is -0.0876. The lowest BCUT2D eigenvalue weighted by molar-refractivity contribution is -0.115. The molecular formula is C20H17ClN2OS. The predicted molar refractivity (Wildman–Crippen MR) is 106 cm³/mol. The van der Waals surface area contributed by atoms with E-state index in [0.29, 0.717) is 16.4 Å². The summed E-state index contributed by atoms with van der Waals surface area (Å²) in [5.41, 5.74) is 8.10. The summed E-state index contributed by atoms with van der Waals surface area (Å²) in [7, 11) is 0. The maximum Gasteiger partial charge on any atom is 0.242 e. The molecule has 1 amide bonds. The van der Waals surface area contributed by atoms with E-state index in [1.165, 1.54) is 11.8 Å². The van der Waals surface area contributed by atoms with Crippen LogP contribution in [0.15, 0.2) is 83.8 Å². The third-order valence-electron chi connectivity index (χ3n) is 3.59. The highest BCUT2D eigenvalue weighted by atomic mass is 35.5. The number of halogens is 1. The standard InChI is InChI=1S/C20H17ClN2OS/c21-15-6-10-17(11-7-15)23-20(24)19(14-4-2-1-3-5-14)25-18-12-8-16(22)9-13-18/h1-13,19H,22H2,(H,23,24). The van der Waals surface area contributed by atoms with E-state index in [2.05, 4.69) is 5.32 Å². The van der Waals surface area contributed by atoms with Crippen molar-refractivity contribution in [1.29, 1.82) is 0 Å². The molecule has 0 heterocycles. The van der Waals surface area contributed by atoms with Crippen molar-refractivity contribution < 1.29 is 4.79 Å². The van der Waals surface area contributed by atoms with Crippen LogP contribution in [0.25, 0.3) is 0 Å². The molecule has 0 bridgehead atoms. The normalized spacial score (nSPS) is 11.7. The highest BCUT2D eigenvalue weighted by Gasteiger charge is 2.22. The van der Waals surface area contributed by atoms with Crippen LogP contribution in [0.4, 0.5) is 11.4 Å². The van der Waals surface area contributed by atoms with Crippen LogP contribution >= 0.6 is 23.4 Å². The average molecular weight is 369 g/mol. The van der Waals surface area contributed by atoms with Crippen molar-refractivity contribution in [3.05, 3.63) is 89.4 Å². The van der Waals surface area contributed by atoms with Crippen LogP contribution in [0.2, 0.25) is 5.02 Å². The molecule has 0 fully saturated rings. The Balaban J connectivity index is 1.83. The molecule has 0 spiro atoms. The number of thioether (sulfide) groups is 1. The van der Waals surface area contributed by atoms with Crippen molar-refractivity contribution in [3.8, 4) is 0 Å². The molecule has 0 radical (unpaired) electrons. The van der Waals surface area contributed by atoms with Crippen LogP contribution < -0.4 is 11.1 Å². The van der Waals surface area contributed by atoms with Gasteiger partial charge in [0.25, 0.3) is 0 Å². The number of nitrogens with one attached hydrogen (secondary N) is 1. The number of nitrogen functional groups attached to an aromatic ring is 1. The Morgan fingerprint density at radius 3 is 2.20 bits per heavy atom. The second kappa shape index (κ2) is 8.10. The Hall–Kier alpha value is -2.43. The molecule has 1 unspecified atom stereocenters. The summed E-state index contributed by atoms with van der Waals surface area (Å²) in [5, 5.41) is 3.21.